The van der Waals surface area contributed by atoms with Crippen molar-refractivity contribution in [2.24, 2.45) is 0 Å². The standard InChI is InChI=1S/C22H36N4O9/c1-21(2,3)34-19(32)23-12-8-7-9-14(24-20(33)35-22(4,5)6)18(31)25(13-17(29)30)26-15(27)10-11-16(26)28/h14H,7-13H2,1-6H3,(H,23,32)(H,24,33)(H,29,30)/t14-/m0/s1. The molecule has 1 aliphatic heterocycles. The number of nitrogens with one attached hydrogen (secondary N) is 2. The molecule has 1 fully saturated rings. The van der Waals surface area contributed by atoms with Gasteiger partial charge in [0, 0.05) is 19.4 Å². The number of hydrogen-bond acceptors (Lipinski definition) is 8. The Hall–Kier alpha value is -3.38. The SMILES string of the molecule is CC(C)(C)OC(=O)NCCCC[C@H](NC(=O)OC(C)(C)C)C(=O)N(CC(=O)O)N1C(=O)CCC1=O. The van der Waals surface area contributed by atoms with Crippen molar-refractivity contribution in [1.82, 2.24) is 20.7 Å². The van der Waals surface area contributed by atoms with Crippen molar-refractivity contribution in [3.63, 3.8) is 0 Å². The van der Waals surface area contributed by atoms with Crippen LogP contribution in [0.15, 0.2) is 0 Å². The van der Waals surface area contributed by atoms with Crippen molar-refractivity contribution in [1.29, 1.82) is 0 Å². The zero-order valence-corrected chi connectivity index (χ0v) is 21.1. The molecule has 1 heterocycles. The lowest BCUT2D eigenvalue weighted by Gasteiger charge is -2.32. The van der Waals surface area contributed by atoms with Gasteiger partial charge in [-0.3, -0.25) is 19.2 Å². The lowest BCUT2D eigenvalue weighted by atomic mass is 10.1. The van der Waals surface area contributed by atoms with Crippen molar-refractivity contribution in [3.05, 3.63) is 0 Å². The summed E-state index contributed by atoms with van der Waals surface area (Å²) in [5.41, 5.74) is -1.52. The maximum Gasteiger partial charge on any atom is 0.408 e. The number of aliphatic carboxylic acids is 1. The van der Waals surface area contributed by atoms with Crippen LogP contribution >= 0.6 is 0 Å². The van der Waals surface area contributed by atoms with Gasteiger partial charge in [0.1, 0.15) is 23.8 Å². The van der Waals surface area contributed by atoms with Crippen LogP contribution in [0, 0.1) is 0 Å². The number of carboxylic acids is 1. The van der Waals surface area contributed by atoms with Crippen molar-refractivity contribution in [2.45, 2.75) is 90.9 Å². The quantitative estimate of drug-likeness (QED) is 0.297. The summed E-state index contributed by atoms with van der Waals surface area (Å²) in [6.45, 7) is 9.35. The minimum atomic E-state index is -1.44. The van der Waals surface area contributed by atoms with Crippen molar-refractivity contribution < 1.29 is 43.3 Å². The summed E-state index contributed by atoms with van der Waals surface area (Å²) < 4.78 is 10.3. The van der Waals surface area contributed by atoms with Crippen LogP contribution in [0.5, 0.6) is 0 Å². The molecule has 0 aromatic rings. The largest absolute Gasteiger partial charge is 0.480 e. The third kappa shape index (κ3) is 11.1. The fraction of sp³-hybridized carbons (Fsp3) is 0.727. The van der Waals surface area contributed by atoms with Crippen LogP contribution in [0.25, 0.3) is 0 Å². The van der Waals surface area contributed by atoms with Gasteiger partial charge in [-0.25, -0.2) is 14.6 Å². The molecule has 1 saturated heterocycles. The number of hydrogen-bond donors (Lipinski definition) is 3. The minimum Gasteiger partial charge on any atom is -0.480 e. The second-order valence-electron chi connectivity index (χ2n) is 10.0. The number of alkyl carbamates (subject to hydrolysis) is 2. The predicted octanol–water partition coefficient (Wildman–Crippen LogP) is 1.55. The highest BCUT2D eigenvalue weighted by atomic mass is 16.6. The zero-order valence-electron chi connectivity index (χ0n) is 21.1. The van der Waals surface area contributed by atoms with E-state index >= 15 is 0 Å². The number of rotatable bonds is 10. The molecule has 198 valence electrons. The number of carbonyl (C=O) groups excluding carboxylic acids is 5. The maximum atomic E-state index is 13.2. The first-order valence-corrected chi connectivity index (χ1v) is 11.4. The van der Waals surface area contributed by atoms with Gasteiger partial charge in [0.25, 0.3) is 5.91 Å². The van der Waals surface area contributed by atoms with Crippen molar-refractivity contribution in [3.8, 4) is 0 Å². The molecule has 0 aliphatic carbocycles. The van der Waals surface area contributed by atoms with Crippen LogP contribution < -0.4 is 10.6 Å². The Labute approximate surface area is 204 Å². The van der Waals surface area contributed by atoms with E-state index in [-0.39, 0.29) is 25.8 Å². The molecule has 1 aliphatic rings. The number of amides is 5. The van der Waals surface area contributed by atoms with E-state index in [1.54, 1.807) is 41.5 Å². The van der Waals surface area contributed by atoms with E-state index in [4.69, 9.17) is 9.47 Å². The average Bonchev–Trinajstić information content (AvgIpc) is 2.99. The molecule has 0 unspecified atom stereocenters. The molecule has 0 radical (unpaired) electrons. The van der Waals surface area contributed by atoms with Crippen molar-refractivity contribution in [2.75, 3.05) is 13.1 Å². The smallest absolute Gasteiger partial charge is 0.408 e. The molecule has 1 atom stereocenters. The first kappa shape index (κ1) is 29.7. The van der Waals surface area contributed by atoms with Crippen LogP contribution in [-0.4, -0.2) is 81.3 Å². The summed E-state index contributed by atoms with van der Waals surface area (Å²) in [7, 11) is 0. The number of unbranched alkanes of at least 4 members (excludes halogenated alkanes) is 1. The Bertz CT molecular complexity index is 814. The van der Waals surface area contributed by atoms with Gasteiger partial charge in [0.05, 0.1) is 0 Å². The van der Waals surface area contributed by atoms with Crippen LogP contribution in [0.2, 0.25) is 0 Å². The fourth-order valence-corrected chi connectivity index (χ4v) is 3.07. The lowest BCUT2D eigenvalue weighted by molar-refractivity contribution is -0.172. The number of carbonyl (C=O) groups is 6. The highest BCUT2D eigenvalue weighted by Gasteiger charge is 2.40. The summed E-state index contributed by atoms with van der Waals surface area (Å²) in [5, 5.41) is 15.3. The second kappa shape index (κ2) is 12.4. The van der Waals surface area contributed by atoms with Crippen molar-refractivity contribution >= 4 is 35.9 Å². The van der Waals surface area contributed by atoms with Gasteiger partial charge in [-0.1, -0.05) is 0 Å². The van der Waals surface area contributed by atoms with Crippen LogP contribution in [-0.2, 0) is 28.7 Å². The summed E-state index contributed by atoms with van der Waals surface area (Å²) in [6, 6.07) is -1.29. The topological polar surface area (TPSA) is 172 Å². The first-order chi connectivity index (χ1) is 16.0. The summed E-state index contributed by atoms with van der Waals surface area (Å²) in [5.74, 6) is -3.80. The summed E-state index contributed by atoms with van der Waals surface area (Å²) in [6.07, 6.45) is -1.07. The van der Waals surface area contributed by atoms with E-state index in [1.165, 1.54) is 0 Å². The van der Waals surface area contributed by atoms with E-state index in [0.717, 1.165) is 0 Å². The van der Waals surface area contributed by atoms with Gasteiger partial charge in [-0.2, -0.15) is 5.01 Å². The monoisotopic (exact) mass is 500 g/mol. The summed E-state index contributed by atoms with van der Waals surface area (Å²) in [4.78, 5) is 73.0. The molecule has 5 amide bonds. The normalized spacial score (nSPS) is 14.9. The van der Waals surface area contributed by atoms with E-state index < -0.39 is 59.7 Å². The maximum absolute atomic E-state index is 13.2. The Morgan fingerprint density at radius 3 is 1.94 bits per heavy atom. The molecule has 0 spiro atoms. The molecular formula is C22H36N4O9. The van der Waals surface area contributed by atoms with Gasteiger partial charge in [-0.05, 0) is 60.8 Å². The third-order valence-corrected chi connectivity index (χ3v) is 4.38. The number of imide groups is 1. The minimum absolute atomic E-state index is 0.0282. The van der Waals surface area contributed by atoms with Crippen LogP contribution in [0.4, 0.5) is 9.59 Å². The third-order valence-electron chi connectivity index (χ3n) is 4.38. The van der Waals surface area contributed by atoms with Gasteiger partial charge in [0.15, 0.2) is 0 Å². The highest BCUT2D eigenvalue weighted by molar-refractivity contribution is 6.04. The van der Waals surface area contributed by atoms with Gasteiger partial charge in [-0.15, -0.1) is 0 Å². The predicted molar refractivity (Wildman–Crippen MR) is 122 cm³/mol. The molecule has 0 saturated carbocycles. The number of hydrazine groups is 1. The molecular weight excluding hydrogens is 464 g/mol. The second-order valence-corrected chi connectivity index (χ2v) is 10.0. The van der Waals surface area contributed by atoms with E-state index in [9.17, 15) is 33.9 Å². The molecule has 3 N–H and O–H groups in total. The zero-order chi connectivity index (χ0) is 27.0. The number of carboxylic acid groups (broad SMARTS) is 1. The Morgan fingerprint density at radius 2 is 1.46 bits per heavy atom. The lowest BCUT2D eigenvalue weighted by Crippen LogP contribution is -2.58. The van der Waals surface area contributed by atoms with Gasteiger partial charge >= 0.3 is 18.2 Å². The van der Waals surface area contributed by atoms with Crippen LogP contribution in [0.1, 0.15) is 73.6 Å². The van der Waals surface area contributed by atoms with Gasteiger partial charge in [0.2, 0.25) is 11.8 Å². The Balaban J connectivity index is 2.92. The average molecular weight is 501 g/mol. The molecule has 1 rings (SSSR count). The van der Waals surface area contributed by atoms with Gasteiger partial charge < -0.3 is 25.2 Å². The number of ether oxygens (including phenoxy) is 2. The molecule has 0 aromatic carbocycles. The van der Waals surface area contributed by atoms with Crippen LogP contribution in [0.3, 0.4) is 0 Å². The molecule has 0 aromatic heterocycles. The molecule has 35 heavy (non-hydrogen) atoms. The highest BCUT2D eigenvalue weighted by Crippen LogP contribution is 2.18. The Morgan fingerprint density at radius 1 is 0.943 bits per heavy atom. The number of nitrogens with zero attached hydrogens (tertiary/aromatic N) is 2. The first-order valence-electron chi connectivity index (χ1n) is 11.4. The van der Waals surface area contributed by atoms with E-state index in [2.05, 4.69) is 10.6 Å². The fourth-order valence-electron chi connectivity index (χ4n) is 3.07. The molecule has 0 bridgehead atoms. The molecule has 13 heteroatoms. The Kier molecular flexibility index (Phi) is 10.5. The van der Waals surface area contributed by atoms with E-state index in [0.29, 0.717) is 22.9 Å². The van der Waals surface area contributed by atoms with E-state index in [1.807, 2.05) is 0 Å². The summed E-state index contributed by atoms with van der Waals surface area (Å²) >= 11 is 0. The molecule has 13 nitrogen and oxygen atoms in total.